The molecule has 0 fully saturated rings. The number of carbonyl (C=O) groups is 2. The molecule has 0 unspecified atom stereocenters. The number of sulfonamides is 1. The number of benzene rings is 2. The normalized spacial score (nSPS) is 12.2. The van der Waals surface area contributed by atoms with Crippen LogP contribution in [0.25, 0.3) is 0 Å². The van der Waals surface area contributed by atoms with E-state index in [0.29, 0.717) is 36.9 Å². The van der Waals surface area contributed by atoms with Gasteiger partial charge in [0.15, 0.2) is 0 Å². The van der Waals surface area contributed by atoms with Gasteiger partial charge in [-0.2, -0.15) is 0 Å². The van der Waals surface area contributed by atoms with Crippen molar-refractivity contribution >= 4 is 27.5 Å². The summed E-state index contributed by atoms with van der Waals surface area (Å²) < 4.78 is 31.4. The van der Waals surface area contributed by atoms with E-state index < -0.39 is 16.1 Å². The lowest BCUT2D eigenvalue weighted by Crippen LogP contribution is -2.48. The Morgan fingerprint density at radius 3 is 2.31 bits per heavy atom. The highest BCUT2D eigenvalue weighted by atomic mass is 32.2. The first kappa shape index (κ1) is 28.2. The Hall–Kier alpha value is -3.07. The van der Waals surface area contributed by atoms with Crippen LogP contribution in [-0.4, -0.2) is 57.6 Å². The Kier molecular flexibility index (Phi) is 10.6. The lowest BCUT2D eigenvalue weighted by molar-refractivity contribution is -0.140. The fourth-order valence-corrected chi connectivity index (χ4v) is 4.54. The van der Waals surface area contributed by atoms with Crippen molar-refractivity contribution in [1.82, 2.24) is 10.2 Å². The van der Waals surface area contributed by atoms with Crippen molar-refractivity contribution in [2.24, 2.45) is 5.92 Å². The fraction of sp³-hybridized carbons (Fsp3) is 0.462. The second kappa shape index (κ2) is 13.1. The Bertz CT molecular complexity index is 1070. The minimum atomic E-state index is -3.57. The van der Waals surface area contributed by atoms with Crippen molar-refractivity contribution < 1.29 is 22.7 Å². The second-order valence-electron chi connectivity index (χ2n) is 8.96. The van der Waals surface area contributed by atoms with Gasteiger partial charge in [-0.3, -0.25) is 13.9 Å². The zero-order chi connectivity index (χ0) is 26.0. The smallest absolute Gasteiger partial charge is 0.242 e. The van der Waals surface area contributed by atoms with E-state index in [-0.39, 0.29) is 24.8 Å². The number of carbonyl (C=O) groups excluding carboxylic acids is 2. The van der Waals surface area contributed by atoms with Gasteiger partial charge in [-0.15, -0.1) is 0 Å². The van der Waals surface area contributed by atoms with Crippen LogP contribution in [-0.2, 0) is 26.2 Å². The summed E-state index contributed by atoms with van der Waals surface area (Å²) >= 11 is 0. The molecule has 0 heterocycles. The highest BCUT2D eigenvalue weighted by Crippen LogP contribution is 2.23. The molecule has 35 heavy (non-hydrogen) atoms. The van der Waals surface area contributed by atoms with Crippen LogP contribution in [0.15, 0.2) is 54.6 Å². The maximum Gasteiger partial charge on any atom is 0.242 e. The van der Waals surface area contributed by atoms with E-state index in [2.05, 4.69) is 5.32 Å². The van der Waals surface area contributed by atoms with Gasteiger partial charge in [0.05, 0.1) is 19.1 Å². The minimum absolute atomic E-state index is 0.102. The third-order valence-electron chi connectivity index (χ3n) is 5.54. The number of nitrogens with zero attached hydrogens (tertiary/aromatic N) is 2. The molecule has 1 N–H and O–H groups in total. The van der Waals surface area contributed by atoms with E-state index in [1.807, 2.05) is 44.2 Å². The number of rotatable bonds is 13. The van der Waals surface area contributed by atoms with E-state index in [9.17, 15) is 18.0 Å². The van der Waals surface area contributed by atoms with Crippen LogP contribution in [0, 0.1) is 5.92 Å². The summed E-state index contributed by atoms with van der Waals surface area (Å²) in [5.41, 5.74) is 1.39. The van der Waals surface area contributed by atoms with Gasteiger partial charge in [-0.25, -0.2) is 8.42 Å². The quantitative estimate of drug-likeness (QED) is 0.452. The molecule has 2 aromatic carbocycles. The molecular formula is C26H37N3O5S. The molecule has 1 atom stereocenters. The molecule has 192 valence electrons. The third-order valence-corrected chi connectivity index (χ3v) is 6.74. The van der Waals surface area contributed by atoms with Crippen molar-refractivity contribution in [1.29, 1.82) is 0 Å². The Balaban J connectivity index is 2.14. The summed E-state index contributed by atoms with van der Waals surface area (Å²) in [6.45, 7) is 6.68. The summed E-state index contributed by atoms with van der Waals surface area (Å²) in [6, 6.07) is 15.6. The fourth-order valence-electron chi connectivity index (χ4n) is 3.58. The van der Waals surface area contributed by atoms with Gasteiger partial charge in [0.2, 0.25) is 21.8 Å². The van der Waals surface area contributed by atoms with E-state index in [1.54, 1.807) is 36.1 Å². The van der Waals surface area contributed by atoms with Gasteiger partial charge < -0.3 is 15.0 Å². The van der Waals surface area contributed by atoms with Gasteiger partial charge in [-0.05, 0) is 37.0 Å². The average molecular weight is 504 g/mol. The van der Waals surface area contributed by atoms with Crippen molar-refractivity contribution in [3.63, 3.8) is 0 Å². The van der Waals surface area contributed by atoms with Gasteiger partial charge in [0.25, 0.3) is 0 Å². The zero-order valence-electron chi connectivity index (χ0n) is 21.2. The van der Waals surface area contributed by atoms with Crippen molar-refractivity contribution in [2.75, 3.05) is 30.8 Å². The first-order chi connectivity index (χ1) is 16.5. The monoisotopic (exact) mass is 503 g/mol. The van der Waals surface area contributed by atoms with E-state index in [0.717, 1.165) is 11.8 Å². The van der Waals surface area contributed by atoms with Crippen molar-refractivity contribution in [3.05, 3.63) is 60.2 Å². The number of hydrogen-bond acceptors (Lipinski definition) is 5. The molecule has 8 nitrogen and oxygen atoms in total. The van der Waals surface area contributed by atoms with Crippen LogP contribution in [0.5, 0.6) is 5.75 Å². The Morgan fingerprint density at radius 1 is 1.03 bits per heavy atom. The van der Waals surface area contributed by atoms with Crippen LogP contribution < -0.4 is 14.4 Å². The van der Waals surface area contributed by atoms with Gasteiger partial charge in [-0.1, -0.05) is 50.2 Å². The van der Waals surface area contributed by atoms with Crippen LogP contribution in [0.2, 0.25) is 0 Å². The first-order valence-electron chi connectivity index (χ1n) is 11.8. The molecule has 2 aromatic rings. The molecule has 0 saturated heterocycles. The topological polar surface area (TPSA) is 96.0 Å². The number of methoxy groups -OCH3 is 1. The van der Waals surface area contributed by atoms with Gasteiger partial charge >= 0.3 is 0 Å². The largest absolute Gasteiger partial charge is 0.497 e. The average Bonchev–Trinajstić information content (AvgIpc) is 2.82. The maximum absolute atomic E-state index is 13.3. The molecule has 0 radical (unpaired) electrons. The number of ether oxygens (including phenoxy) is 1. The molecule has 2 amide bonds. The van der Waals surface area contributed by atoms with Crippen molar-refractivity contribution in [3.8, 4) is 5.75 Å². The predicted molar refractivity (Wildman–Crippen MR) is 139 cm³/mol. The Labute approximate surface area is 209 Å². The molecule has 0 aliphatic rings. The lowest BCUT2D eigenvalue weighted by Gasteiger charge is -2.29. The van der Waals surface area contributed by atoms with Crippen LogP contribution in [0.1, 0.15) is 39.2 Å². The van der Waals surface area contributed by atoms with Gasteiger partial charge in [0.1, 0.15) is 11.8 Å². The Morgan fingerprint density at radius 2 is 1.71 bits per heavy atom. The maximum atomic E-state index is 13.3. The van der Waals surface area contributed by atoms with Crippen LogP contribution in [0.4, 0.5) is 5.69 Å². The summed E-state index contributed by atoms with van der Waals surface area (Å²) in [5.74, 6) is 0.419. The summed E-state index contributed by atoms with van der Waals surface area (Å²) in [5, 5.41) is 2.90. The first-order valence-corrected chi connectivity index (χ1v) is 13.6. The second-order valence-corrected chi connectivity index (χ2v) is 10.9. The summed E-state index contributed by atoms with van der Waals surface area (Å²) in [4.78, 5) is 27.6. The molecule has 9 heteroatoms. The minimum Gasteiger partial charge on any atom is -0.497 e. The van der Waals surface area contributed by atoms with E-state index in [1.165, 1.54) is 11.4 Å². The summed E-state index contributed by atoms with van der Waals surface area (Å²) in [7, 11) is -2.05. The number of anilines is 1. The number of nitrogens with one attached hydrogen (secondary N) is 1. The van der Waals surface area contributed by atoms with E-state index in [4.69, 9.17) is 4.74 Å². The molecule has 0 saturated carbocycles. The van der Waals surface area contributed by atoms with E-state index >= 15 is 0 Å². The number of hydrogen-bond donors (Lipinski definition) is 1. The lowest BCUT2D eigenvalue weighted by atomic mass is 10.1. The highest BCUT2D eigenvalue weighted by molar-refractivity contribution is 7.92. The zero-order valence-corrected chi connectivity index (χ0v) is 22.0. The molecule has 0 aromatic heterocycles. The molecular weight excluding hydrogens is 466 g/mol. The molecule has 2 rings (SSSR count). The van der Waals surface area contributed by atoms with Crippen LogP contribution in [0.3, 0.4) is 0 Å². The molecule has 0 aliphatic carbocycles. The third kappa shape index (κ3) is 8.90. The molecule has 0 aliphatic heterocycles. The van der Waals surface area contributed by atoms with Gasteiger partial charge in [0, 0.05) is 32.1 Å². The summed E-state index contributed by atoms with van der Waals surface area (Å²) in [6.07, 6.45) is 1.54. The standard InChI is InChI=1S/C26H37N3O5S/c1-20(2)18-27-26(31)21(3)28(19-22-11-7-6-8-12-22)25(30)15-10-16-29(35(5,32)33)23-13-9-14-24(17-23)34-4/h6-9,11-14,17,20-21H,10,15-16,18-19H2,1-5H3,(H,27,31)/t21-/m0/s1. The van der Waals surface area contributed by atoms with Crippen molar-refractivity contribution in [2.45, 2.75) is 46.2 Å². The highest BCUT2D eigenvalue weighted by Gasteiger charge is 2.26. The predicted octanol–water partition coefficient (Wildman–Crippen LogP) is 3.43. The SMILES string of the molecule is COc1cccc(N(CCCC(=O)N(Cc2ccccc2)[C@@H](C)C(=O)NCC(C)C)S(C)(=O)=O)c1. The number of amides is 2. The molecule has 0 spiro atoms. The molecule has 0 bridgehead atoms. The van der Waals surface area contributed by atoms with Crippen LogP contribution >= 0.6 is 0 Å².